The van der Waals surface area contributed by atoms with E-state index in [-0.39, 0.29) is 19.2 Å². The van der Waals surface area contributed by atoms with E-state index in [2.05, 4.69) is 20.5 Å². The highest BCUT2D eigenvalue weighted by Crippen LogP contribution is 2.29. The molecule has 3 N–H and O–H groups in total. The lowest BCUT2D eigenvalue weighted by Crippen LogP contribution is -2.43. The van der Waals surface area contributed by atoms with Gasteiger partial charge >= 0.3 is 6.03 Å². The van der Waals surface area contributed by atoms with Crippen LogP contribution in [0.2, 0.25) is 0 Å². The number of hydrogen-bond donors (Lipinski definition) is 3. The van der Waals surface area contributed by atoms with E-state index in [0.717, 1.165) is 37.3 Å². The molecule has 8 nitrogen and oxygen atoms in total. The maximum atomic E-state index is 11.6. The van der Waals surface area contributed by atoms with Crippen LogP contribution in [-0.2, 0) is 4.74 Å². The van der Waals surface area contributed by atoms with Crippen LogP contribution < -0.4 is 15.5 Å². The molecule has 2 aromatic rings. The van der Waals surface area contributed by atoms with E-state index in [4.69, 9.17) is 14.8 Å². The summed E-state index contributed by atoms with van der Waals surface area (Å²) < 4.78 is 5.89. The second-order valence-corrected chi connectivity index (χ2v) is 6.78. The van der Waals surface area contributed by atoms with E-state index >= 15 is 0 Å². The molecule has 1 aromatic heterocycles. The molecule has 27 heavy (non-hydrogen) atoms. The van der Waals surface area contributed by atoms with Gasteiger partial charge in [-0.05, 0) is 43.2 Å². The zero-order valence-electron chi connectivity index (χ0n) is 15.0. The van der Waals surface area contributed by atoms with Crippen molar-refractivity contribution in [3.8, 4) is 11.4 Å². The Morgan fingerprint density at radius 3 is 2.63 bits per heavy atom. The molecule has 2 amide bonds. The normalized spacial score (nSPS) is 21.1. The van der Waals surface area contributed by atoms with Gasteiger partial charge in [0.15, 0.2) is 5.82 Å². The monoisotopic (exact) mass is 369 g/mol. The number of urea groups is 1. The molecular formula is C19H23N5O3. The third-order valence-electron chi connectivity index (χ3n) is 4.81. The minimum atomic E-state index is -0.350. The molecule has 4 rings (SSSR count). The molecule has 2 aliphatic heterocycles. The van der Waals surface area contributed by atoms with Crippen molar-refractivity contribution in [1.82, 2.24) is 15.3 Å². The minimum absolute atomic E-state index is 0.0926. The molecule has 142 valence electrons. The van der Waals surface area contributed by atoms with Gasteiger partial charge in [0.25, 0.3) is 0 Å². The zero-order chi connectivity index (χ0) is 18.6. The van der Waals surface area contributed by atoms with Crippen molar-refractivity contribution in [3.05, 3.63) is 36.5 Å². The number of carbonyl (C=O) groups is 1. The van der Waals surface area contributed by atoms with E-state index in [1.165, 1.54) is 0 Å². The van der Waals surface area contributed by atoms with Gasteiger partial charge in [0.2, 0.25) is 0 Å². The zero-order valence-corrected chi connectivity index (χ0v) is 15.0. The largest absolute Gasteiger partial charge is 0.395 e. The van der Waals surface area contributed by atoms with Gasteiger partial charge in [-0.1, -0.05) is 0 Å². The fraction of sp³-hybridized carbons (Fsp3) is 0.421. The van der Waals surface area contributed by atoms with Gasteiger partial charge < -0.3 is 25.4 Å². The maximum Gasteiger partial charge on any atom is 0.319 e. The quantitative estimate of drug-likeness (QED) is 0.741. The number of nitrogens with one attached hydrogen (secondary N) is 2. The van der Waals surface area contributed by atoms with Crippen molar-refractivity contribution >= 4 is 17.5 Å². The Morgan fingerprint density at radius 1 is 1.19 bits per heavy atom. The van der Waals surface area contributed by atoms with Gasteiger partial charge in [0, 0.05) is 37.1 Å². The van der Waals surface area contributed by atoms with Crippen LogP contribution in [0.25, 0.3) is 11.4 Å². The molecule has 2 bridgehead atoms. The van der Waals surface area contributed by atoms with E-state index in [0.29, 0.717) is 23.7 Å². The van der Waals surface area contributed by atoms with Crippen LogP contribution in [0.3, 0.4) is 0 Å². The number of fused-ring (bicyclic) bond motifs is 2. The first-order valence-corrected chi connectivity index (χ1v) is 9.21. The topological polar surface area (TPSA) is 99.6 Å². The molecule has 0 saturated carbocycles. The Morgan fingerprint density at radius 2 is 1.93 bits per heavy atom. The molecule has 3 heterocycles. The molecule has 0 radical (unpaired) electrons. The molecule has 2 saturated heterocycles. The number of ether oxygens (including phenoxy) is 1. The number of rotatable bonds is 5. The standard InChI is InChI=1S/C19H23N5O3/c25-10-9-21-19(26)22-14-3-1-13(2-4-14)18-20-8-7-17(23-18)24-11-15-5-6-16(12-24)27-15/h1-4,7-8,15-16,25H,5-6,9-12H2,(H2,21,22,26). The number of hydrogen-bond acceptors (Lipinski definition) is 6. The maximum absolute atomic E-state index is 11.6. The van der Waals surface area contributed by atoms with E-state index < -0.39 is 0 Å². The molecule has 2 atom stereocenters. The number of carbonyl (C=O) groups excluding carboxylic acids is 1. The van der Waals surface area contributed by atoms with Crippen LogP contribution in [0.15, 0.2) is 36.5 Å². The SMILES string of the molecule is O=C(NCCO)Nc1ccc(-c2nccc(N3CC4CCC(C3)O4)n2)cc1. The number of anilines is 2. The Hall–Kier alpha value is -2.71. The van der Waals surface area contributed by atoms with E-state index in [9.17, 15) is 4.79 Å². The van der Waals surface area contributed by atoms with E-state index in [1.807, 2.05) is 18.2 Å². The Bertz CT molecular complexity index is 786. The minimum Gasteiger partial charge on any atom is -0.395 e. The lowest BCUT2D eigenvalue weighted by molar-refractivity contribution is 0.0302. The Kier molecular flexibility index (Phi) is 5.17. The number of amides is 2. The van der Waals surface area contributed by atoms with Gasteiger partial charge in [-0.25, -0.2) is 14.8 Å². The predicted octanol–water partition coefficient (Wildman–Crippen LogP) is 1.62. The average molecular weight is 369 g/mol. The third-order valence-corrected chi connectivity index (χ3v) is 4.81. The first kappa shape index (κ1) is 17.7. The molecule has 0 spiro atoms. The van der Waals surface area contributed by atoms with Crippen LogP contribution in [0.5, 0.6) is 0 Å². The van der Waals surface area contributed by atoms with Crippen molar-refractivity contribution < 1.29 is 14.6 Å². The van der Waals surface area contributed by atoms with Crippen LogP contribution >= 0.6 is 0 Å². The molecular weight excluding hydrogens is 346 g/mol. The van der Waals surface area contributed by atoms with Crippen molar-refractivity contribution in [2.75, 3.05) is 36.5 Å². The molecule has 0 aliphatic carbocycles. The van der Waals surface area contributed by atoms with Crippen molar-refractivity contribution in [3.63, 3.8) is 0 Å². The second-order valence-electron chi connectivity index (χ2n) is 6.78. The number of aliphatic hydroxyl groups excluding tert-OH is 1. The van der Waals surface area contributed by atoms with Crippen LogP contribution in [0.1, 0.15) is 12.8 Å². The summed E-state index contributed by atoms with van der Waals surface area (Å²) in [4.78, 5) is 23.0. The fourth-order valence-corrected chi connectivity index (χ4v) is 3.51. The first-order valence-electron chi connectivity index (χ1n) is 9.21. The number of nitrogens with zero attached hydrogens (tertiary/aromatic N) is 3. The summed E-state index contributed by atoms with van der Waals surface area (Å²) in [5.41, 5.74) is 1.55. The smallest absolute Gasteiger partial charge is 0.319 e. The highest BCUT2D eigenvalue weighted by molar-refractivity contribution is 5.89. The summed E-state index contributed by atoms with van der Waals surface area (Å²) in [6.07, 6.45) is 4.65. The average Bonchev–Trinajstić information content (AvgIpc) is 3.04. The second kappa shape index (κ2) is 7.89. The van der Waals surface area contributed by atoms with Gasteiger partial charge in [0.1, 0.15) is 5.82 Å². The fourth-order valence-electron chi connectivity index (χ4n) is 3.51. The lowest BCUT2D eigenvalue weighted by atomic mass is 10.2. The van der Waals surface area contributed by atoms with Crippen LogP contribution in [0.4, 0.5) is 16.3 Å². The van der Waals surface area contributed by atoms with Crippen LogP contribution in [-0.4, -0.2) is 59.6 Å². The van der Waals surface area contributed by atoms with Gasteiger partial charge in [-0.15, -0.1) is 0 Å². The summed E-state index contributed by atoms with van der Waals surface area (Å²) in [5, 5.41) is 14.0. The van der Waals surface area contributed by atoms with Gasteiger partial charge in [-0.3, -0.25) is 0 Å². The predicted molar refractivity (Wildman–Crippen MR) is 102 cm³/mol. The third kappa shape index (κ3) is 4.17. The summed E-state index contributed by atoms with van der Waals surface area (Å²) in [5.74, 6) is 1.58. The van der Waals surface area contributed by atoms with E-state index in [1.54, 1.807) is 18.3 Å². The van der Waals surface area contributed by atoms with Crippen molar-refractivity contribution in [2.24, 2.45) is 0 Å². The molecule has 2 fully saturated rings. The van der Waals surface area contributed by atoms with Crippen molar-refractivity contribution in [2.45, 2.75) is 25.0 Å². The number of morpholine rings is 1. The summed E-state index contributed by atoms with van der Waals surface area (Å²) in [6.45, 7) is 1.87. The van der Waals surface area contributed by atoms with Crippen molar-refractivity contribution in [1.29, 1.82) is 0 Å². The van der Waals surface area contributed by atoms with Gasteiger partial charge in [-0.2, -0.15) is 0 Å². The summed E-state index contributed by atoms with van der Waals surface area (Å²) >= 11 is 0. The Balaban J connectivity index is 1.45. The molecule has 8 heteroatoms. The molecule has 2 unspecified atom stereocenters. The molecule has 1 aromatic carbocycles. The number of aromatic nitrogens is 2. The summed E-state index contributed by atoms with van der Waals surface area (Å²) in [6, 6.07) is 8.96. The van der Waals surface area contributed by atoms with Gasteiger partial charge in [0.05, 0.1) is 18.8 Å². The lowest BCUT2D eigenvalue weighted by Gasteiger charge is -2.33. The highest BCUT2D eigenvalue weighted by Gasteiger charge is 2.34. The summed E-state index contributed by atoms with van der Waals surface area (Å²) in [7, 11) is 0. The highest BCUT2D eigenvalue weighted by atomic mass is 16.5. The molecule has 2 aliphatic rings. The Labute approximate surface area is 157 Å². The number of aliphatic hydroxyl groups is 1. The first-order chi connectivity index (χ1) is 13.2. The number of benzene rings is 1. The van der Waals surface area contributed by atoms with Crippen LogP contribution in [0, 0.1) is 0 Å².